The van der Waals surface area contributed by atoms with Crippen LogP contribution in [0.5, 0.6) is 0 Å². The lowest BCUT2D eigenvalue weighted by atomic mass is 10.2. The van der Waals surface area contributed by atoms with Crippen LogP contribution in [0.1, 0.15) is 37.4 Å². The molecule has 2 nitrogen and oxygen atoms in total. The van der Waals surface area contributed by atoms with Crippen molar-refractivity contribution < 1.29 is 4.79 Å². The smallest absolute Gasteiger partial charge is 0.143 e. The zero-order chi connectivity index (χ0) is 9.84. The van der Waals surface area contributed by atoms with E-state index in [2.05, 4.69) is 18.8 Å². The van der Waals surface area contributed by atoms with Crippen molar-refractivity contribution in [3.63, 3.8) is 0 Å². The van der Waals surface area contributed by atoms with Crippen molar-refractivity contribution in [2.45, 2.75) is 26.7 Å². The standard InChI is InChI=1S/C10H13NOS/c1-7(2)10-11-9(6-13-10)8(3)4-5-12/h4-7H,1-3H3/b8-4+. The third kappa shape index (κ3) is 2.49. The van der Waals surface area contributed by atoms with Crippen molar-refractivity contribution in [2.24, 2.45) is 0 Å². The summed E-state index contributed by atoms with van der Waals surface area (Å²) < 4.78 is 0. The number of carbonyl (C=O) groups excluding carboxylic acids is 1. The van der Waals surface area contributed by atoms with Gasteiger partial charge in [0.25, 0.3) is 0 Å². The van der Waals surface area contributed by atoms with Crippen LogP contribution < -0.4 is 0 Å². The topological polar surface area (TPSA) is 30.0 Å². The molecule has 0 aliphatic rings. The quantitative estimate of drug-likeness (QED) is 0.548. The van der Waals surface area contributed by atoms with Crippen molar-refractivity contribution in [1.29, 1.82) is 0 Å². The van der Waals surface area contributed by atoms with Crippen LogP contribution in [0.3, 0.4) is 0 Å². The summed E-state index contributed by atoms with van der Waals surface area (Å²) in [5, 5.41) is 3.11. The molecule has 0 radical (unpaired) electrons. The van der Waals surface area contributed by atoms with Gasteiger partial charge in [0.2, 0.25) is 0 Å². The molecule has 0 saturated heterocycles. The molecule has 70 valence electrons. The summed E-state index contributed by atoms with van der Waals surface area (Å²) in [6, 6.07) is 0. The van der Waals surface area contributed by atoms with E-state index in [1.807, 2.05) is 12.3 Å². The highest BCUT2D eigenvalue weighted by molar-refractivity contribution is 7.09. The first-order valence-electron chi connectivity index (χ1n) is 4.23. The highest BCUT2D eigenvalue weighted by atomic mass is 32.1. The molecule has 0 fully saturated rings. The summed E-state index contributed by atoms with van der Waals surface area (Å²) in [5.41, 5.74) is 1.85. The van der Waals surface area contributed by atoms with Gasteiger partial charge in [-0.3, -0.25) is 4.79 Å². The first-order valence-corrected chi connectivity index (χ1v) is 5.11. The van der Waals surface area contributed by atoms with Gasteiger partial charge in [-0.25, -0.2) is 4.98 Å². The highest BCUT2D eigenvalue weighted by Gasteiger charge is 2.06. The zero-order valence-corrected chi connectivity index (χ0v) is 8.89. The molecule has 0 atom stereocenters. The third-order valence-corrected chi connectivity index (χ3v) is 2.88. The Morgan fingerprint density at radius 1 is 1.62 bits per heavy atom. The SMILES string of the molecule is C/C(=C\C=O)c1csc(C(C)C)n1. The van der Waals surface area contributed by atoms with Gasteiger partial charge >= 0.3 is 0 Å². The summed E-state index contributed by atoms with van der Waals surface area (Å²) in [6.45, 7) is 6.12. The van der Waals surface area contributed by atoms with Crippen LogP contribution in [0.4, 0.5) is 0 Å². The fraction of sp³-hybridized carbons (Fsp3) is 0.400. The number of aldehydes is 1. The van der Waals surface area contributed by atoms with Gasteiger partial charge in [-0.15, -0.1) is 11.3 Å². The molecular weight excluding hydrogens is 182 g/mol. The van der Waals surface area contributed by atoms with Crippen LogP contribution in [0.2, 0.25) is 0 Å². The summed E-state index contributed by atoms with van der Waals surface area (Å²) >= 11 is 1.64. The van der Waals surface area contributed by atoms with Gasteiger partial charge < -0.3 is 0 Å². The Morgan fingerprint density at radius 2 is 2.31 bits per heavy atom. The molecule has 1 rings (SSSR count). The summed E-state index contributed by atoms with van der Waals surface area (Å²) in [4.78, 5) is 14.6. The molecule has 0 amide bonds. The lowest BCUT2D eigenvalue weighted by molar-refractivity contribution is -0.104. The Kier molecular flexibility index (Phi) is 3.37. The average molecular weight is 195 g/mol. The maximum absolute atomic E-state index is 10.2. The summed E-state index contributed by atoms with van der Waals surface area (Å²) in [6.07, 6.45) is 2.34. The molecule has 0 N–H and O–H groups in total. The normalized spacial score (nSPS) is 12.2. The maximum Gasteiger partial charge on any atom is 0.143 e. The van der Waals surface area contributed by atoms with Gasteiger partial charge in [-0.2, -0.15) is 0 Å². The minimum absolute atomic E-state index is 0.461. The second-order valence-electron chi connectivity index (χ2n) is 3.21. The first kappa shape index (κ1) is 10.1. The maximum atomic E-state index is 10.2. The molecule has 0 bridgehead atoms. The minimum atomic E-state index is 0.461. The van der Waals surface area contributed by atoms with E-state index in [0.29, 0.717) is 5.92 Å². The van der Waals surface area contributed by atoms with Crippen LogP contribution in [0.25, 0.3) is 5.57 Å². The molecule has 1 heterocycles. The number of thiazole rings is 1. The number of nitrogens with zero attached hydrogens (tertiary/aromatic N) is 1. The van der Waals surface area contributed by atoms with E-state index < -0.39 is 0 Å². The number of hydrogen-bond acceptors (Lipinski definition) is 3. The lowest BCUT2D eigenvalue weighted by Gasteiger charge is -1.96. The zero-order valence-electron chi connectivity index (χ0n) is 8.07. The second-order valence-corrected chi connectivity index (χ2v) is 4.10. The molecule has 1 aromatic heterocycles. The minimum Gasteiger partial charge on any atom is -0.299 e. The van der Waals surface area contributed by atoms with E-state index in [0.717, 1.165) is 22.6 Å². The van der Waals surface area contributed by atoms with Crippen LogP contribution >= 0.6 is 11.3 Å². The Balaban J connectivity index is 2.91. The summed E-state index contributed by atoms with van der Waals surface area (Å²) in [7, 11) is 0. The number of hydrogen-bond donors (Lipinski definition) is 0. The Bertz CT molecular complexity index is 325. The van der Waals surface area contributed by atoms with E-state index in [-0.39, 0.29) is 0 Å². The van der Waals surface area contributed by atoms with Crippen molar-refractivity contribution in [3.8, 4) is 0 Å². The number of allylic oxidation sites excluding steroid dienone is 2. The molecule has 0 aliphatic heterocycles. The predicted octanol–water partition coefficient (Wildman–Crippen LogP) is 2.87. The fourth-order valence-electron chi connectivity index (χ4n) is 0.921. The average Bonchev–Trinajstić information content (AvgIpc) is 2.52. The van der Waals surface area contributed by atoms with Gasteiger partial charge in [0, 0.05) is 11.3 Å². The number of aromatic nitrogens is 1. The Labute approximate surface area is 82.3 Å². The van der Waals surface area contributed by atoms with Crippen LogP contribution in [0.15, 0.2) is 11.5 Å². The molecular formula is C10H13NOS. The van der Waals surface area contributed by atoms with Crippen LogP contribution in [-0.2, 0) is 4.79 Å². The van der Waals surface area contributed by atoms with Crippen molar-refractivity contribution >= 4 is 23.2 Å². The molecule has 0 aliphatic carbocycles. The molecule has 0 saturated carbocycles. The number of carbonyl (C=O) groups is 1. The Morgan fingerprint density at radius 3 is 2.77 bits per heavy atom. The fourth-order valence-corrected chi connectivity index (χ4v) is 1.82. The third-order valence-electron chi connectivity index (χ3n) is 1.74. The van der Waals surface area contributed by atoms with Gasteiger partial charge in [-0.1, -0.05) is 13.8 Å². The second kappa shape index (κ2) is 4.33. The molecule has 0 aromatic carbocycles. The van der Waals surface area contributed by atoms with Crippen LogP contribution in [0, 0.1) is 0 Å². The molecule has 13 heavy (non-hydrogen) atoms. The molecule has 0 unspecified atom stereocenters. The van der Waals surface area contributed by atoms with Crippen molar-refractivity contribution in [1.82, 2.24) is 4.98 Å². The largest absolute Gasteiger partial charge is 0.299 e. The summed E-state index contributed by atoms with van der Waals surface area (Å²) in [5.74, 6) is 0.461. The molecule has 3 heteroatoms. The van der Waals surface area contributed by atoms with E-state index in [1.54, 1.807) is 17.4 Å². The van der Waals surface area contributed by atoms with Gasteiger partial charge in [0.15, 0.2) is 0 Å². The predicted molar refractivity (Wildman–Crippen MR) is 55.9 cm³/mol. The van der Waals surface area contributed by atoms with Crippen molar-refractivity contribution in [2.75, 3.05) is 0 Å². The molecule has 0 spiro atoms. The van der Waals surface area contributed by atoms with Gasteiger partial charge in [0.05, 0.1) is 10.7 Å². The monoisotopic (exact) mass is 195 g/mol. The Hall–Kier alpha value is -0.960. The highest BCUT2D eigenvalue weighted by Crippen LogP contribution is 2.22. The van der Waals surface area contributed by atoms with Crippen molar-refractivity contribution in [3.05, 3.63) is 22.2 Å². The first-order chi connectivity index (χ1) is 6.15. The van der Waals surface area contributed by atoms with E-state index in [9.17, 15) is 4.79 Å². The van der Waals surface area contributed by atoms with Gasteiger partial charge in [-0.05, 0) is 18.6 Å². The van der Waals surface area contributed by atoms with E-state index in [4.69, 9.17) is 0 Å². The van der Waals surface area contributed by atoms with E-state index >= 15 is 0 Å². The van der Waals surface area contributed by atoms with Crippen LogP contribution in [-0.4, -0.2) is 11.3 Å². The van der Waals surface area contributed by atoms with Gasteiger partial charge in [0.1, 0.15) is 6.29 Å². The molecule has 1 aromatic rings. The lowest BCUT2D eigenvalue weighted by Crippen LogP contribution is -1.86. The van der Waals surface area contributed by atoms with E-state index in [1.165, 1.54) is 0 Å². The number of rotatable bonds is 3.